The molecule has 1 aromatic rings. The van der Waals surface area contributed by atoms with Gasteiger partial charge in [0.05, 0.1) is 23.6 Å². The third-order valence-electron chi connectivity index (χ3n) is 5.79. The average molecular weight is 427 g/mol. The highest BCUT2D eigenvalue weighted by Crippen LogP contribution is 2.32. The van der Waals surface area contributed by atoms with Crippen molar-refractivity contribution in [2.45, 2.75) is 63.3 Å². The number of aryl methyl sites for hydroxylation is 1. The van der Waals surface area contributed by atoms with Crippen LogP contribution in [0.2, 0.25) is 0 Å². The van der Waals surface area contributed by atoms with Gasteiger partial charge in [-0.3, -0.25) is 9.59 Å². The summed E-state index contributed by atoms with van der Waals surface area (Å²) in [5.74, 6) is -0.523. The van der Waals surface area contributed by atoms with Crippen LogP contribution in [0.3, 0.4) is 0 Å². The molecule has 6 nitrogen and oxygen atoms in total. The van der Waals surface area contributed by atoms with Gasteiger partial charge in [0.15, 0.2) is 0 Å². The smallest absolute Gasteiger partial charge is 0.389 e. The number of alkyl halides is 3. The molecule has 0 spiro atoms. The van der Waals surface area contributed by atoms with Crippen molar-refractivity contribution in [3.63, 3.8) is 0 Å². The third-order valence-corrected chi connectivity index (χ3v) is 5.79. The van der Waals surface area contributed by atoms with Gasteiger partial charge in [-0.2, -0.15) is 13.2 Å². The Morgan fingerprint density at radius 1 is 1.23 bits per heavy atom. The molecule has 2 saturated heterocycles. The second kappa shape index (κ2) is 8.93. The van der Waals surface area contributed by atoms with Gasteiger partial charge in [0.25, 0.3) is 0 Å². The van der Waals surface area contributed by atoms with Gasteiger partial charge >= 0.3 is 6.18 Å². The fourth-order valence-electron chi connectivity index (χ4n) is 4.13. The summed E-state index contributed by atoms with van der Waals surface area (Å²) in [4.78, 5) is 26.7. The van der Waals surface area contributed by atoms with Crippen molar-refractivity contribution in [2.75, 3.05) is 25.0 Å². The number of hydrogen-bond acceptors (Lipinski definition) is 4. The summed E-state index contributed by atoms with van der Waals surface area (Å²) in [6, 6.07) is 3.16. The molecule has 2 amide bonds. The minimum Gasteiger partial charge on any atom is -0.389 e. The van der Waals surface area contributed by atoms with E-state index < -0.39 is 23.2 Å². The lowest BCUT2D eigenvalue weighted by atomic mass is 9.87. The number of aliphatic hydroxyl groups is 1. The Bertz CT molecular complexity index is 783. The minimum atomic E-state index is -4.50. The number of nitrogens with one attached hydrogen (secondary N) is 2. The van der Waals surface area contributed by atoms with Gasteiger partial charge in [0.2, 0.25) is 11.8 Å². The SMILES string of the molecule is Cc1cc(NC(=O)CC2(O)CCN(C(=O)[C@H]3CCCCN3)CC2)cc(C(F)(F)F)c1. The Morgan fingerprint density at radius 3 is 2.53 bits per heavy atom. The second-order valence-electron chi connectivity index (χ2n) is 8.36. The molecule has 2 fully saturated rings. The second-order valence-corrected chi connectivity index (χ2v) is 8.36. The number of rotatable bonds is 4. The van der Waals surface area contributed by atoms with Gasteiger partial charge in [-0.1, -0.05) is 6.42 Å². The van der Waals surface area contributed by atoms with E-state index in [4.69, 9.17) is 0 Å². The van der Waals surface area contributed by atoms with Crippen LogP contribution in [0.25, 0.3) is 0 Å². The van der Waals surface area contributed by atoms with Crippen LogP contribution < -0.4 is 10.6 Å². The first-order chi connectivity index (χ1) is 14.1. The number of carbonyl (C=O) groups is 2. The molecule has 3 rings (SSSR count). The first-order valence-corrected chi connectivity index (χ1v) is 10.3. The monoisotopic (exact) mass is 427 g/mol. The zero-order valence-electron chi connectivity index (χ0n) is 17.0. The Kier molecular flexibility index (Phi) is 6.71. The van der Waals surface area contributed by atoms with Gasteiger partial charge in [0, 0.05) is 18.8 Å². The van der Waals surface area contributed by atoms with Gasteiger partial charge in [-0.05, 0) is 62.9 Å². The number of halogens is 3. The van der Waals surface area contributed by atoms with E-state index >= 15 is 0 Å². The van der Waals surface area contributed by atoms with Crippen LogP contribution in [0.5, 0.6) is 0 Å². The molecule has 0 aliphatic carbocycles. The van der Waals surface area contributed by atoms with Gasteiger partial charge in [-0.15, -0.1) is 0 Å². The first-order valence-electron chi connectivity index (χ1n) is 10.3. The van der Waals surface area contributed by atoms with E-state index in [0.29, 0.717) is 18.7 Å². The van der Waals surface area contributed by atoms with E-state index in [1.807, 2.05) is 0 Å². The van der Waals surface area contributed by atoms with Crippen molar-refractivity contribution < 1.29 is 27.9 Å². The maximum atomic E-state index is 13.0. The topological polar surface area (TPSA) is 81.7 Å². The highest BCUT2D eigenvalue weighted by molar-refractivity contribution is 5.91. The number of piperidine rings is 2. The Labute approximate surface area is 173 Å². The predicted molar refractivity (Wildman–Crippen MR) is 106 cm³/mol. The molecule has 1 atom stereocenters. The molecule has 9 heteroatoms. The first kappa shape index (κ1) is 22.6. The molecule has 30 heavy (non-hydrogen) atoms. The lowest BCUT2D eigenvalue weighted by Gasteiger charge is -2.39. The normalized spacial score (nSPS) is 21.9. The fraction of sp³-hybridized carbons (Fsp3) is 0.619. The van der Waals surface area contributed by atoms with Crippen molar-refractivity contribution >= 4 is 17.5 Å². The molecule has 0 unspecified atom stereocenters. The molecule has 2 heterocycles. The molecule has 166 valence electrons. The summed E-state index contributed by atoms with van der Waals surface area (Å²) >= 11 is 0. The number of benzene rings is 1. The number of amides is 2. The Balaban J connectivity index is 1.55. The van der Waals surface area contributed by atoms with Crippen LogP contribution in [-0.4, -0.2) is 53.1 Å². The highest BCUT2D eigenvalue weighted by Gasteiger charge is 2.37. The standard InChI is InChI=1S/C21H28F3N3O3/c1-14-10-15(21(22,23)24)12-16(11-14)26-18(28)13-20(30)5-8-27(9-6-20)19(29)17-4-2-3-7-25-17/h10-12,17,25,30H,2-9,13H2,1H3,(H,26,28)/t17-/m1/s1. The number of carbonyl (C=O) groups excluding carboxylic acids is 2. The molecule has 2 aliphatic heterocycles. The largest absolute Gasteiger partial charge is 0.416 e. The molecule has 0 radical (unpaired) electrons. The molecular formula is C21H28F3N3O3. The molecular weight excluding hydrogens is 399 g/mol. The minimum absolute atomic E-state index is 0.0284. The predicted octanol–water partition coefficient (Wildman–Crippen LogP) is 2.84. The van der Waals surface area contributed by atoms with Crippen LogP contribution >= 0.6 is 0 Å². The van der Waals surface area contributed by atoms with E-state index in [-0.39, 0.29) is 36.9 Å². The van der Waals surface area contributed by atoms with Crippen LogP contribution in [-0.2, 0) is 15.8 Å². The van der Waals surface area contributed by atoms with Gasteiger partial charge in [-0.25, -0.2) is 0 Å². The van der Waals surface area contributed by atoms with E-state index in [1.54, 1.807) is 4.90 Å². The zero-order valence-corrected chi connectivity index (χ0v) is 17.0. The summed E-state index contributed by atoms with van der Waals surface area (Å²) < 4.78 is 38.9. The van der Waals surface area contributed by atoms with Gasteiger partial charge in [0.1, 0.15) is 0 Å². The number of hydrogen-bond donors (Lipinski definition) is 3. The molecule has 0 bridgehead atoms. The highest BCUT2D eigenvalue weighted by atomic mass is 19.4. The zero-order chi connectivity index (χ0) is 21.9. The van der Waals surface area contributed by atoms with E-state index in [9.17, 15) is 27.9 Å². The van der Waals surface area contributed by atoms with Crippen molar-refractivity contribution in [1.82, 2.24) is 10.2 Å². The van der Waals surface area contributed by atoms with E-state index in [1.165, 1.54) is 13.0 Å². The summed E-state index contributed by atoms with van der Waals surface area (Å²) in [7, 11) is 0. The lowest BCUT2D eigenvalue weighted by molar-refractivity contribution is -0.140. The molecule has 0 aromatic heterocycles. The van der Waals surface area contributed by atoms with Gasteiger partial charge < -0.3 is 20.6 Å². The third kappa shape index (κ3) is 5.72. The van der Waals surface area contributed by atoms with Crippen molar-refractivity contribution in [2.24, 2.45) is 0 Å². The maximum absolute atomic E-state index is 13.0. The van der Waals surface area contributed by atoms with Crippen LogP contribution in [0, 0.1) is 6.92 Å². The van der Waals surface area contributed by atoms with Crippen molar-refractivity contribution in [3.8, 4) is 0 Å². The Hall–Kier alpha value is -2.13. The van der Waals surface area contributed by atoms with Crippen molar-refractivity contribution in [1.29, 1.82) is 0 Å². The number of anilines is 1. The molecule has 3 N–H and O–H groups in total. The quantitative estimate of drug-likeness (QED) is 0.690. The fourth-order valence-corrected chi connectivity index (χ4v) is 4.13. The summed E-state index contributed by atoms with van der Waals surface area (Å²) in [6.45, 7) is 3.04. The molecule has 1 aromatic carbocycles. The number of likely N-dealkylation sites (tertiary alicyclic amines) is 1. The van der Waals surface area contributed by atoms with Crippen LogP contribution in [0.1, 0.15) is 49.7 Å². The lowest BCUT2D eigenvalue weighted by Crippen LogP contribution is -2.54. The number of nitrogens with zero attached hydrogens (tertiary/aromatic N) is 1. The average Bonchev–Trinajstić information content (AvgIpc) is 2.67. The van der Waals surface area contributed by atoms with Crippen LogP contribution in [0.15, 0.2) is 18.2 Å². The summed E-state index contributed by atoms with van der Waals surface area (Å²) in [5.41, 5.74) is -1.69. The van der Waals surface area contributed by atoms with E-state index in [2.05, 4.69) is 10.6 Å². The summed E-state index contributed by atoms with van der Waals surface area (Å²) in [5, 5.41) is 16.5. The molecule has 0 saturated carbocycles. The van der Waals surface area contributed by atoms with Crippen LogP contribution in [0.4, 0.5) is 18.9 Å². The maximum Gasteiger partial charge on any atom is 0.416 e. The van der Waals surface area contributed by atoms with E-state index in [0.717, 1.165) is 37.9 Å². The molecule has 2 aliphatic rings. The summed E-state index contributed by atoms with van der Waals surface area (Å²) in [6.07, 6.45) is -1.36. The Morgan fingerprint density at radius 2 is 1.93 bits per heavy atom. The van der Waals surface area contributed by atoms with Crippen molar-refractivity contribution in [3.05, 3.63) is 29.3 Å².